The molecule has 0 saturated heterocycles. The van der Waals surface area contributed by atoms with Crippen molar-refractivity contribution in [1.82, 2.24) is 0 Å². The fourth-order valence-electron chi connectivity index (χ4n) is 2.28. The Hall–Kier alpha value is 1.64. The van der Waals surface area contributed by atoms with Gasteiger partial charge in [0.2, 0.25) is 0 Å². The van der Waals surface area contributed by atoms with Crippen LogP contribution in [0.4, 0.5) is 0 Å². The van der Waals surface area contributed by atoms with Gasteiger partial charge in [0.1, 0.15) is 0 Å². The molecule has 0 aromatic rings. The average molecular weight is 178 g/mol. The molecule has 0 nitrogen and oxygen atoms in total. The van der Waals surface area contributed by atoms with Gasteiger partial charge in [-0.05, 0) is 18.3 Å². The van der Waals surface area contributed by atoms with Gasteiger partial charge >= 0.3 is 51.4 Å². The van der Waals surface area contributed by atoms with Crippen molar-refractivity contribution in [3.8, 4) is 0 Å². The first-order chi connectivity index (χ1) is 4.83. The standard InChI is InChI=1S/C10H19.K/c1-3-7-10(4-2)8-5-6-9-10;/h1,3-9H2,2H3;/q-1;+1. The molecule has 0 aliphatic heterocycles. The van der Waals surface area contributed by atoms with Gasteiger partial charge in [-0.15, -0.1) is 0 Å². The molecule has 1 heteroatoms. The van der Waals surface area contributed by atoms with Crippen LogP contribution in [0.3, 0.4) is 0 Å². The van der Waals surface area contributed by atoms with Crippen molar-refractivity contribution in [3.63, 3.8) is 0 Å². The molecule has 60 valence electrons. The Morgan fingerprint density at radius 3 is 2.18 bits per heavy atom. The van der Waals surface area contributed by atoms with Gasteiger partial charge < -0.3 is 6.92 Å². The smallest absolute Gasteiger partial charge is 0.343 e. The maximum Gasteiger partial charge on any atom is 1.00 e. The van der Waals surface area contributed by atoms with Crippen molar-refractivity contribution in [2.24, 2.45) is 5.41 Å². The van der Waals surface area contributed by atoms with Gasteiger partial charge in [-0.1, -0.05) is 32.6 Å². The second-order valence-corrected chi connectivity index (χ2v) is 3.66. The van der Waals surface area contributed by atoms with E-state index < -0.39 is 0 Å². The quantitative estimate of drug-likeness (QED) is 0.438. The molecule has 0 spiro atoms. The summed E-state index contributed by atoms with van der Waals surface area (Å²) in [4.78, 5) is 0. The molecule has 0 aromatic heterocycles. The van der Waals surface area contributed by atoms with Crippen LogP contribution in [0.15, 0.2) is 0 Å². The van der Waals surface area contributed by atoms with Crippen LogP contribution in [0, 0.1) is 12.3 Å². The molecule has 0 unspecified atom stereocenters. The molecule has 1 fully saturated rings. The Morgan fingerprint density at radius 1 is 1.27 bits per heavy atom. The normalized spacial score (nSPS) is 21.3. The van der Waals surface area contributed by atoms with Gasteiger partial charge in [0.15, 0.2) is 0 Å². The van der Waals surface area contributed by atoms with E-state index in [1.807, 2.05) is 0 Å². The molecule has 1 saturated carbocycles. The Morgan fingerprint density at radius 2 is 1.82 bits per heavy atom. The monoisotopic (exact) mass is 178 g/mol. The van der Waals surface area contributed by atoms with Crippen LogP contribution in [0.25, 0.3) is 0 Å². The summed E-state index contributed by atoms with van der Waals surface area (Å²) in [5.41, 5.74) is 0.724. The number of hydrogen-bond donors (Lipinski definition) is 0. The molecule has 0 atom stereocenters. The fraction of sp³-hybridized carbons (Fsp3) is 0.900. The van der Waals surface area contributed by atoms with Crippen LogP contribution in [-0.4, -0.2) is 0 Å². The van der Waals surface area contributed by atoms with Crippen LogP contribution in [-0.2, 0) is 0 Å². The van der Waals surface area contributed by atoms with Gasteiger partial charge in [-0.2, -0.15) is 6.42 Å². The SMILES string of the molecule is [CH2-]CCC1(CC)CCCC1.[K+]. The second kappa shape index (κ2) is 6.15. The Kier molecular flexibility index (Phi) is 7.06. The largest absolute Gasteiger partial charge is 1.00 e. The Bertz CT molecular complexity index is 93.0. The van der Waals surface area contributed by atoms with E-state index in [9.17, 15) is 0 Å². The summed E-state index contributed by atoms with van der Waals surface area (Å²) in [6.07, 6.45) is 9.75. The molecule has 0 radical (unpaired) electrons. The maximum atomic E-state index is 3.94. The van der Waals surface area contributed by atoms with E-state index in [4.69, 9.17) is 0 Å². The van der Waals surface area contributed by atoms with E-state index in [1.54, 1.807) is 0 Å². The topological polar surface area (TPSA) is 0 Å². The van der Waals surface area contributed by atoms with Crippen LogP contribution in [0.5, 0.6) is 0 Å². The van der Waals surface area contributed by atoms with E-state index in [-0.39, 0.29) is 51.4 Å². The van der Waals surface area contributed by atoms with Gasteiger partial charge in [0.25, 0.3) is 0 Å². The first-order valence-corrected chi connectivity index (χ1v) is 4.62. The van der Waals surface area contributed by atoms with Gasteiger partial charge in [0, 0.05) is 0 Å². The van der Waals surface area contributed by atoms with Crippen molar-refractivity contribution in [3.05, 3.63) is 6.92 Å². The van der Waals surface area contributed by atoms with Crippen molar-refractivity contribution in [2.75, 3.05) is 0 Å². The van der Waals surface area contributed by atoms with E-state index >= 15 is 0 Å². The summed E-state index contributed by atoms with van der Waals surface area (Å²) in [6, 6.07) is 0. The minimum atomic E-state index is 0. The zero-order valence-corrected chi connectivity index (χ0v) is 11.3. The van der Waals surface area contributed by atoms with Gasteiger partial charge in [-0.3, -0.25) is 0 Å². The zero-order chi connectivity index (χ0) is 7.45. The summed E-state index contributed by atoms with van der Waals surface area (Å²) in [7, 11) is 0. The van der Waals surface area contributed by atoms with E-state index in [0.717, 1.165) is 11.8 Å². The Balaban J connectivity index is 0.000001000. The van der Waals surface area contributed by atoms with Crippen molar-refractivity contribution in [1.29, 1.82) is 0 Å². The first-order valence-electron chi connectivity index (χ1n) is 4.62. The number of rotatable bonds is 3. The van der Waals surface area contributed by atoms with E-state index in [0.29, 0.717) is 0 Å². The minimum Gasteiger partial charge on any atom is -0.343 e. The average Bonchev–Trinajstić information content (AvgIpc) is 2.39. The van der Waals surface area contributed by atoms with Crippen LogP contribution in [0.2, 0.25) is 0 Å². The molecular formula is C10H19K. The molecule has 0 bridgehead atoms. The molecule has 1 rings (SSSR count). The summed E-state index contributed by atoms with van der Waals surface area (Å²) < 4.78 is 0. The first kappa shape index (κ1) is 12.6. The molecule has 0 heterocycles. The molecule has 1 aliphatic rings. The molecule has 0 amide bonds. The van der Waals surface area contributed by atoms with Crippen LogP contribution >= 0.6 is 0 Å². The molecule has 11 heavy (non-hydrogen) atoms. The maximum absolute atomic E-state index is 3.94. The zero-order valence-electron chi connectivity index (χ0n) is 8.16. The molecule has 0 N–H and O–H groups in total. The van der Waals surface area contributed by atoms with Crippen molar-refractivity contribution < 1.29 is 51.4 Å². The number of hydrogen-bond acceptors (Lipinski definition) is 0. The molecular weight excluding hydrogens is 159 g/mol. The predicted octanol–water partition coefficient (Wildman–Crippen LogP) is 0.575. The molecule has 1 aliphatic carbocycles. The third-order valence-electron chi connectivity index (χ3n) is 3.12. The predicted molar refractivity (Wildman–Crippen MR) is 45.8 cm³/mol. The minimum absolute atomic E-state index is 0. The van der Waals surface area contributed by atoms with Gasteiger partial charge in [0.05, 0.1) is 0 Å². The third kappa shape index (κ3) is 3.47. The van der Waals surface area contributed by atoms with E-state index in [1.165, 1.54) is 38.5 Å². The van der Waals surface area contributed by atoms with E-state index in [2.05, 4.69) is 13.8 Å². The molecule has 0 aromatic carbocycles. The Labute approximate surface area is 114 Å². The third-order valence-corrected chi connectivity index (χ3v) is 3.12. The van der Waals surface area contributed by atoms with Crippen LogP contribution in [0.1, 0.15) is 51.9 Å². The van der Waals surface area contributed by atoms with Crippen LogP contribution < -0.4 is 51.4 Å². The summed E-state index contributed by atoms with van der Waals surface area (Å²) in [5, 5.41) is 0. The van der Waals surface area contributed by atoms with Gasteiger partial charge in [-0.25, -0.2) is 0 Å². The van der Waals surface area contributed by atoms with Crippen molar-refractivity contribution in [2.45, 2.75) is 51.9 Å². The summed E-state index contributed by atoms with van der Waals surface area (Å²) in [6.45, 7) is 6.28. The van der Waals surface area contributed by atoms with Crippen molar-refractivity contribution >= 4 is 0 Å². The second-order valence-electron chi connectivity index (χ2n) is 3.66. The fourth-order valence-corrected chi connectivity index (χ4v) is 2.28. The summed E-state index contributed by atoms with van der Waals surface area (Å²) >= 11 is 0. The summed E-state index contributed by atoms with van der Waals surface area (Å²) in [5.74, 6) is 0.